The molecule has 0 fully saturated rings. The molecule has 0 amide bonds. The quantitative estimate of drug-likeness (QED) is 0.0245. The van der Waals surface area contributed by atoms with Crippen LogP contribution in [0.3, 0.4) is 0 Å². The summed E-state index contributed by atoms with van der Waals surface area (Å²) in [5, 5.41) is 6.61. The maximum atomic E-state index is 12.6. The van der Waals surface area contributed by atoms with Crippen LogP contribution < -0.4 is 10.6 Å². The lowest BCUT2D eigenvalue weighted by atomic mass is 10.00. The van der Waals surface area contributed by atoms with Gasteiger partial charge in [0.2, 0.25) is 0 Å². The van der Waals surface area contributed by atoms with E-state index in [2.05, 4.69) is 85.1 Å². The van der Waals surface area contributed by atoms with E-state index in [1.54, 1.807) is 24.6 Å². The van der Waals surface area contributed by atoms with Crippen molar-refractivity contribution in [3.05, 3.63) is 168 Å². The normalized spacial score (nSPS) is 11.5. The number of thiophene rings is 2. The maximum absolute atomic E-state index is 12.6. The molecule has 0 spiro atoms. The van der Waals surface area contributed by atoms with E-state index in [9.17, 15) is 9.59 Å². The number of nitrogens with one attached hydrogen (secondary N) is 2. The van der Waals surface area contributed by atoms with Crippen molar-refractivity contribution in [3.63, 3.8) is 0 Å². The molecule has 0 aliphatic carbocycles. The van der Waals surface area contributed by atoms with Crippen molar-refractivity contribution in [1.29, 1.82) is 0 Å². The maximum Gasteiger partial charge on any atom is 0.187 e. The van der Waals surface area contributed by atoms with E-state index in [4.69, 9.17) is 0 Å². The van der Waals surface area contributed by atoms with E-state index in [0.29, 0.717) is 11.1 Å². The van der Waals surface area contributed by atoms with Crippen molar-refractivity contribution in [1.82, 2.24) is 0 Å². The molecule has 0 aliphatic rings. The van der Waals surface area contributed by atoms with Gasteiger partial charge in [-0.1, -0.05) is 214 Å². The molecule has 4 aromatic carbocycles. The Hall–Kier alpha value is -5.30. The Balaban J connectivity index is 1.19. The van der Waals surface area contributed by atoms with Crippen LogP contribution in [0, 0.1) is 0 Å². The first-order valence-electron chi connectivity index (χ1n) is 26.0. The van der Waals surface area contributed by atoms with Crippen molar-refractivity contribution in [2.75, 3.05) is 10.6 Å². The summed E-state index contributed by atoms with van der Waals surface area (Å²) in [5.41, 5.74) is 8.65. The van der Waals surface area contributed by atoms with Crippen LogP contribution in [0.1, 0.15) is 174 Å². The van der Waals surface area contributed by atoms with Crippen LogP contribution in [0.15, 0.2) is 146 Å². The van der Waals surface area contributed by atoms with Gasteiger partial charge >= 0.3 is 0 Å². The number of hydrogen-bond donors (Lipinski definition) is 2. The smallest absolute Gasteiger partial charge is 0.187 e. The van der Waals surface area contributed by atoms with Gasteiger partial charge in [-0.25, -0.2) is 0 Å². The Morgan fingerprint density at radius 3 is 1.07 bits per heavy atom. The van der Waals surface area contributed by atoms with Gasteiger partial charge < -0.3 is 10.6 Å². The fourth-order valence-electron chi connectivity index (χ4n) is 8.79. The van der Waals surface area contributed by atoms with Gasteiger partial charge in [0.15, 0.2) is 11.6 Å². The van der Waals surface area contributed by atoms with E-state index in [-0.39, 0.29) is 11.6 Å². The Morgan fingerprint density at radius 2 is 0.735 bits per heavy atom. The predicted molar refractivity (Wildman–Crippen MR) is 297 cm³/mol. The van der Waals surface area contributed by atoms with Gasteiger partial charge in [-0.05, 0) is 84.3 Å². The summed E-state index contributed by atoms with van der Waals surface area (Å²) < 4.78 is 0. The highest BCUT2D eigenvalue weighted by Crippen LogP contribution is 2.46. The van der Waals surface area contributed by atoms with Gasteiger partial charge in [0.25, 0.3) is 0 Å². The Labute approximate surface area is 417 Å². The lowest BCUT2D eigenvalue weighted by Crippen LogP contribution is -1.95. The van der Waals surface area contributed by atoms with Crippen LogP contribution >= 0.6 is 22.7 Å². The zero-order valence-electron chi connectivity index (χ0n) is 41.0. The first kappa shape index (κ1) is 52.1. The largest absolute Gasteiger partial charge is 0.362 e. The third kappa shape index (κ3) is 17.7. The standard InChI is InChI=1S/C62H76N2O2S2/c1-3-5-7-9-11-13-15-17-19-23-33-53-47-59(51-35-39-55(40-36-51)63-45-43-57(65)49-29-25-21-26-30-49)67-61(53)62-54(34-24-20-18-16-14-12-10-8-6-4-2)48-60(68-62)52-37-41-56(42-38-52)64-46-44-58(66)50-31-27-22-28-32-50/h21-22,25-32,35-48,63-64H,3-20,23-24,33-34H2,1-2H3/b45-43+,46-44+. The average Bonchev–Trinajstić information content (AvgIpc) is 4.00. The topological polar surface area (TPSA) is 58.2 Å². The molecule has 358 valence electrons. The van der Waals surface area contributed by atoms with Crippen molar-refractivity contribution in [2.24, 2.45) is 0 Å². The molecule has 2 N–H and O–H groups in total. The number of ketones is 2. The van der Waals surface area contributed by atoms with Crippen molar-refractivity contribution in [3.8, 4) is 30.6 Å². The molecule has 2 heterocycles. The summed E-state index contributed by atoms with van der Waals surface area (Å²) in [5.74, 6) is -0.0363. The third-order valence-electron chi connectivity index (χ3n) is 12.8. The van der Waals surface area contributed by atoms with Gasteiger partial charge in [-0.2, -0.15) is 0 Å². The molecule has 0 unspecified atom stereocenters. The van der Waals surface area contributed by atoms with Crippen molar-refractivity contribution >= 4 is 45.6 Å². The fourth-order valence-corrected chi connectivity index (χ4v) is 11.4. The summed E-state index contributed by atoms with van der Waals surface area (Å²) in [6, 6.07) is 41.0. The summed E-state index contributed by atoms with van der Waals surface area (Å²) >= 11 is 3.90. The Kier molecular flexibility index (Phi) is 23.2. The molecule has 0 radical (unpaired) electrons. The Morgan fingerprint density at radius 1 is 0.412 bits per heavy atom. The van der Waals surface area contributed by atoms with Gasteiger partial charge in [0.05, 0.1) is 0 Å². The average molecular weight is 945 g/mol. The van der Waals surface area contributed by atoms with E-state index in [0.717, 1.165) is 24.2 Å². The van der Waals surface area contributed by atoms with Gasteiger partial charge in [0.1, 0.15) is 0 Å². The molecule has 68 heavy (non-hydrogen) atoms. The lowest BCUT2D eigenvalue weighted by Gasteiger charge is -2.07. The van der Waals surface area contributed by atoms with Crippen LogP contribution in [-0.4, -0.2) is 11.6 Å². The third-order valence-corrected chi connectivity index (χ3v) is 15.5. The zero-order valence-corrected chi connectivity index (χ0v) is 42.7. The molecule has 2 aromatic heterocycles. The van der Waals surface area contributed by atoms with E-state index in [1.165, 1.54) is 170 Å². The highest BCUT2D eigenvalue weighted by molar-refractivity contribution is 7.25. The molecule has 0 saturated carbocycles. The molecular weight excluding hydrogens is 869 g/mol. The number of unbranched alkanes of at least 4 members (excludes halogenated alkanes) is 18. The van der Waals surface area contributed by atoms with Gasteiger partial charge in [-0.15, -0.1) is 22.7 Å². The zero-order chi connectivity index (χ0) is 47.4. The second kappa shape index (κ2) is 30.2. The minimum atomic E-state index is -0.0182. The fraction of sp³-hybridized carbons (Fsp3) is 0.387. The number of carbonyl (C=O) groups is 2. The summed E-state index contributed by atoms with van der Waals surface area (Å²) in [6.07, 6.45) is 35.5. The molecule has 6 heteroatoms. The van der Waals surface area contributed by atoms with Crippen LogP contribution in [0.25, 0.3) is 30.6 Å². The number of allylic oxidation sites excluding steroid dienone is 2. The number of benzene rings is 4. The molecule has 0 atom stereocenters. The molecule has 0 saturated heterocycles. The van der Waals surface area contributed by atoms with E-state index in [1.807, 2.05) is 83.3 Å². The minimum Gasteiger partial charge on any atom is -0.362 e. The monoisotopic (exact) mass is 945 g/mol. The van der Waals surface area contributed by atoms with Gasteiger partial charge in [-0.3, -0.25) is 9.59 Å². The number of anilines is 2. The highest BCUT2D eigenvalue weighted by Gasteiger charge is 2.20. The van der Waals surface area contributed by atoms with Crippen LogP contribution in [-0.2, 0) is 12.8 Å². The number of rotatable bonds is 33. The Bertz CT molecular complexity index is 2240. The summed E-state index contributed by atoms with van der Waals surface area (Å²) in [4.78, 5) is 30.7. The molecule has 0 bridgehead atoms. The summed E-state index contributed by atoms with van der Waals surface area (Å²) in [6.45, 7) is 4.59. The second-order valence-corrected chi connectivity index (χ2v) is 20.5. The van der Waals surface area contributed by atoms with Crippen molar-refractivity contribution in [2.45, 2.75) is 155 Å². The lowest BCUT2D eigenvalue weighted by molar-refractivity contribution is 0.103. The first-order chi connectivity index (χ1) is 33.5. The number of hydrogen-bond acceptors (Lipinski definition) is 6. The molecule has 0 aliphatic heterocycles. The van der Waals surface area contributed by atoms with Crippen molar-refractivity contribution < 1.29 is 9.59 Å². The number of carbonyl (C=O) groups excluding carboxylic acids is 2. The molecule has 6 aromatic rings. The van der Waals surface area contributed by atoms with Gasteiger partial charge in [0, 0.05) is 66.6 Å². The molecular formula is C62H76N2O2S2. The van der Waals surface area contributed by atoms with Crippen LogP contribution in [0.4, 0.5) is 11.4 Å². The predicted octanol–water partition coefficient (Wildman–Crippen LogP) is 19.4. The minimum absolute atomic E-state index is 0.0182. The molecule has 4 nitrogen and oxygen atoms in total. The van der Waals surface area contributed by atoms with Crippen LogP contribution in [0.5, 0.6) is 0 Å². The SMILES string of the molecule is CCCCCCCCCCCCc1cc(-c2ccc(N/C=C/C(=O)c3ccccc3)cc2)sc1-c1sc(-c2ccc(N/C=C/C(=O)c3ccccc3)cc2)cc1CCCCCCCCCCCC. The second-order valence-electron chi connectivity index (χ2n) is 18.4. The summed E-state index contributed by atoms with van der Waals surface area (Å²) in [7, 11) is 0. The molecule has 6 rings (SSSR count). The van der Waals surface area contributed by atoms with E-state index < -0.39 is 0 Å². The highest BCUT2D eigenvalue weighted by atomic mass is 32.1. The van der Waals surface area contributed by atoms with Crippen LogP contribution in [0.2, 0.25) is 0 Å². The number of aryl methyl sites for hydroxylation is 2. The van der Waals surface area contributed by atoms with E-state index >= 15 is 0 Å². The first-order valence-corrected chi connectivity index (χ1v) is 27.7.